The molecule has 6 nitrogen and oxygen atoms in total. The van der Waals surface area contributed by atoms with Crippen LogP contribution in [0, 0.1) is 0 Å². The Labute approximate surface area is 171 Å². The highest BCUT2D eigenvalue weighted by atomic mass is 16.5. The van der Waals surface area contributed by atoms with Crippen LogP contribution < -0.4 is 14.5 Å². The largest absolute Gasteiger partial charge is 0.497 e. The van der Waals surface area contributed by atoms with Gasteiger partial charge in [-0.2, -0.15) is 0 Å². The summed E-state index contributed by atoms with van der Waals surface area (Å²) in [4.78, 5) is 30.5. The average molecular weight is 393 g/mol. The van der Waals surface area contributed by atoms with Gasteiger partial charge in [0.2, 0.25) is 5.91 Å². The van der Waals surface area contributed by atoms with E-state index < -0.39 is 0 Å². The van der Waals surface area contributed by atoms with Crippen LogP contribution in [-0.2, 0) is 11.2 Å². The van der Waals surface area contributed by atoms with E-state index in [0.717, 1.165) is 56.0 Å². The van der Waals surface area contributed by atoms with Crippen LogP contribution in [-0.4, -0.2) is 63.0 Å². The zero-order valence-corrected chi connectivity index (χ0v) is 17.0. The number of anilines is 2. The molecule has 1 unspecified atom stereocenters. The van der Waals surface area contributed by atoms with Crippen molar-refractivity contribution in [1.29, 1.82) is 0 Å². The Morgan fingerprint density at radius 2 is 1.93 bits per heavy atom. The van der Waals surface area contributed by atoms with Crippen molar-refractivity contribution < 1.29 is 14.3 Å². The summed E-state index contributed by atoms with van der Waals surface area (Å²) in [5, 5.41) is 0. The van der Waals surface area contributed by atoms with Crippen molar-refractivity contribution in [3.05, 3.63) is 53.6 Å². The monoisotopic (exact) mass is 393 g/mol. The van der Waals surface area contributed by atoms with E-state index >= 15 is 0 Å². The van der Waals surface area contributed by atoms with Crippen molar-refractivity contribution >= 4 is 23.6 Å². The smallest absolute Gasteiger partial charge is 0.241 e. The third kappa shape index (κ3) is 3.98. The molecule has 4 rings (SSSR count). The summed E-state index contributed by atoms with van der Waals surface area (Å²) >= 11 is 0. The molecule has 2 aromatic rings. The number of aldehydes is 1. The van der Waals surface area contributed by atoms with Gasteiger partial charge in [-0.3, -0.25) is 14.5 Å². The Hall–Kier alpha value is -2.86. The van der Waals surface area contributed by atoms with Gasteiger partial charge in [-0.15, -0.1) is 0 Å². The number of ether oxygens (including phenoxy) is 1. The molecule has 29 heavy (non-hydrogen) atoms. The highest BCUT2D eigenvalue weighted by Gasteiger charge is 2.32. The normalized spacial score (nSPS) is 19.2. The first kappa shape index (κ1) is 19.5. The van der Waals surface area contributed by atoms with Crippen LogP contribution in [0.25, 0.3) is 0 Å². The van der Waals surface area contributed by atoms with E-state index in [4.69, 9.17) is 4.74 Å². The minimum atomic E-state index is 0.140. The van der Waals surface area contributed by atoms with Crippen LogP contribution >= 0.6 is 0 Å². The van der Waals surface area contributed by atoms with Gasteiger partial charge in [-0.25, -0.2) is 0 Å². The molecule has 0 aliphatic carbocycles. The van der Waals surface area contributed by atoms with Gasteiger partial charge in [0.25, 0.3) is 0 Å². The number of nitrogens with zero attached hydrogens (tertiary/aromatic N) is 3. The number of piperazine rings is 1. The maximum Gasteiger partial charge on any atom is 0.241 e. The quantitative estimate of drug-likeness (QED) is 0.731. The van der Waals surface area contributed by atoms with Crippen LogP contribution in [0.5, 0.6) is 5.75 Å². The summed E-state index contributed by atoms with van der Waals surface area (Å²) in [6, 6.07) is 13.8. The fraction of sp³-hybridized carbons (Fsp3) is 0.391. The van der Waals surface area contributed by atoms with E-state index in [1.165, 1.54) is 5.56 Å². The molecule has 0 N–H and O–H groups in total. The van der Waals surface area contributed by atoms with Crippen LogP contribution in [0.4, 0.5) is 11.4 Å². The Morgan fingerprint density at radius 3 is 2.66 bits per heavy atom. The summed E-state index contributed by atoms with van der Waals surface area (Å²) in [5.74, 6) is 0.919. The number of fused-ring (bicyclic) bond motifs is 1. The highest BCUT2D eigenvalue weighted by molar-refractivity contribution is 5.97. The predicted octanol–water partition coefficient (Wildman–Crippen LogP) is 2.61. The first-order valence-electron chi connectivity index (χ1n) is 10.1. The molecule has 0 bridgehead atoms. The number of carbonyl (C=O) groups is 2. The maximum absolute atomic E-state index is 13.1. The zero-order valence-electron chi connectivity index (χ0n) is 17.0. The molecule has 152 valence electrons. The minimum Gasteiger partial charge on any atom is -0.497 e. The molecule has 1 saturated heterocycles. The van der Waals surface area contributed by atoms with Gasteiger partial charge >= 0.3 is 0 Å². The van der Waals surface area contributed by atoms with Gasteiger partial charge in [0, 0.05) is 49.5 Å². The zero-order chi connectivity index (χ0) is 20.4. The number of benzene rings is 2. The summed E-state index contributed by atoms with van der Waals surface area (Å²) < 4.78 is 5.35. The first-order chi connectivity index (χ1) is 14.1. The molecule has 0 aromatic heterocycles. The molecule has 0 spiro atoms. The van der Waals surface area contributed by atoms with Crippen molar-refractivity contribution in [3.8, 4) is 5.75 Å². The van der Waals surface area contributed by atoms with E-state index in [1.807, 2.05) is 41.3 Å². The average Bonchev–Trinajstić information content (AvgIpc) is 3.09. The second-order valence-electron chi connectivity index (χ2n) is 7.79. The lowest BCUT2D eigenvalue weighted by Gasteiger charge is -2.36. The number of hydrogen-bond acceptors (Lipinski definition) is 5. The van der Waals surface area contributed by atoms with Crippen LogP contribution in [0.2, 0.25) is 0 Å². The lowest BCUT2D eigenvalue weighted by Crippen LogP contribution is -2.51. The minimum absolute atomic E-state index is 0.140. The van der Waals surface area contributed by atoms with Gasteiger partial charge in [0.05, 0.1) is 19.3 Å². The third-order valence-electron chi connectivity index (χ3n) is 5.88. The van der Waals surface area contributed by atoms with Crippen molar-refractivity contribution in [2.45, 2.75) is 19.4 Å². The maximum atomic E-state index is 13.1. The fourth-order valence-electron chi connectivity index (χ4n) is 4.32. The molecule has 2 aliphatic rings. The number of hydrogen-bond donors (Lipinski definition) is 0. The summed E-state index contributed by atoms with van der Waals surface area (Å²) in [7, 11) is 1.65. The van der Waals surface area contributed by atoms with Crippen molar-refractivity contribution in [2.75, 3.05) is 49.6 Å². The molecular weight excluding hydrogens is 366 g/mol. The van der Waals surface area contributed by atoms with E-state index in [1.54, 1.807) is 7.11 Å². The molecule has 6 heteroatoms. The van der Waals surface area contributed by atoms with E-state index in [-0.39, 0.29) is 11.9 Å². The molecular formula is C23H27N3O3. The predicted molar refractivity (Wildman–Crippen MR) is 114 cm³/mol. The molecule has 1 fully saturated rings. The molecule has 1 amide bonds. The van der Waals surface area contributed by atoms with Crippen molar-refractivity contribution in [2.24, 2.45) is 0 Å². The highest BCUT2D eigenvalue weighted by Crippen LogP contribution is 2.35. The van der Waals surface area contributed by atoms with Gasteiger partial charge in [-0.05, 0) is 37.1 Å². The van der Waals surface area contributed by atoms with E-state index in [2.05, 4.69) is 22.8 Å². The first-order valence-corrected chi connectivity index (χ1v) is 10.1. The van der Waals surface area contributed by atoms with Gasteiger partial charge in [0.15, 0.2) is 0 Å². The van der Waals surface area contributed by atoms with Gasteiger partial charge < -0.3 is 14.5 Å². The number of rotatable bonds is 5. The molecule has 2 aromatic carbocycles. The summed E-state index contributed by atoms with van der Waals surface area (Å²) in [6.07, 6.45) is 1.76. The summed E-state index contributed by atoms with van der Waals surface area (Å²) in [5.41, 5.74) is 3.93. The van der Waals surface area contributed by atoms with Gasteiger partial charge in [-0.1, -0.05) is 18.2 Å². The third-order valence-corrected chi connectivity index (χ3v) is 5.88. The molecule has 2 aliphatic heterocycles. The Morgan fingerprint density at radius 1 is 1.14 bits per heavy atom. The van der Waals surface area contributed by atoms with Crippen molar-refractivity contribution in [3.63, 3.8) is 0 Å². The Kier molecular flexibility index (Phi) is 5.53. The fourth-order valence-corrected chi connectivity index (χ4v) is 4.32. The Balaban J connectivity index is 1.39. The van der Waals surface area contributed by atoms with E-state index in [0.29, 0.717) is 12.1 Å². The topological polar surface area (TPSA) is 53.1 Å². The van der Waals surface area contributed by atoms with Crippen molar-refractivity contribution in [1.82, 2.24) is 4.90 Å². The van der Waals surface area contributed by atoms with E-state index in [9.17, 15) is 9.59 Å². The van der Waals surface area contributed by atoms with Gasteiger partial charge in [0.1, 0.15) is 12.0 Å². The Bertz CT molecular complexity index is 906. The molecule has 0 saturated carbocycles. The second kappa shape index (κ2) is 8.25. The summed E-state index contributed by atoms with van der Waals surface area (Å²) in [6.45, 7) is 5.85. The SMILES string of the molecule is COc1ccc2c(c1)N(C(=O)CN1CCN(c3cccc(C=O)c3)CC1)C(C)C2. The standard InChI is InChI=1S/C23H27N3O3/c1-17-12-19-6-7-21(29-2)14-22(19)26(17)23(28)15-24-8-10-25(11-9-24)20-5-3-4-18(13-20)16-27/h3-7,13-14,16-17H,8-12,15H2,1-2H3. The lowest BCUT2D eigenvalue weighted by molar-refractivity contribution is -0.120. The van der Waals surface area contributed by atoms with Crippen LogP contribution in [0.15, 0.2) is 42.5 Å². The van der Waals surface area contributed by atoms with Crippen LogP contribution in [0.1, 0.15) is 22.8 Å². The van der Waals surface area contributed by atoms with Crippen LogP contribution in [0.3, 0.4) is 0 Å². The number of amides is 1. The molecule has 1 atom stereocenters. The number of carbonyl (C=O) groups excluding carboxylic acids is 2. The molecule has 2 heterocycles. The number of methoxy groups -OCH3 is 1. The lowest BCUT2D eigenvalue weighted by atomic mass is 10.1. The second-order valence-corrected chi connectivity index (χ2v) is 7.79. The molecule has 0 radical (unpaired) electrons.